The molecule has 0 unspecified atom stereocenters. The highest BCUT2D eigenvalue weighted by molar-refractivity contribution is 6.30. The van der Waals surface area contributed by atoms with Gasteiger partial charge in [-0.05, 0) is 35.9 Å². The molecule has 0 aromatic heterocycles. The second-order valence-corrected chi connectivity index (χ2v) is 3.79. The molecule has 0 saturated heterocycles. The van der Waals surface area contributed by atoms with Crippen molar-refractivity contribution in [2.24, 2.45) is 0 Å². The van der Waals surface area contributed by atoms with Gasteiger partial charge in [-0.25, -0.2) is 4.39 Å². The fourth-order valence-electron chi connectivity index (χ4n) is 1.51. The number of hydrogen-bond acceptors (Lipinski definition) is 1. The Morgan fingerprint density at radius 1 is 1.12 bits per heavy atom. The van der Waals surface area contributed by atoms with Crippen molar-refractivity contribution in [2.45, 2.75) is 0 Å². The van der Waals surface area contributed by atoms with Crippen LogP contribution in [0, 0.1) is 5.82 Å². The first-order valence-corrected chi connectivity index (χ1v) is 5.18. The van der Waals surface area contributed by atoms with Gasteiger partial charge in [0.25, 0.3) is 0 Å². The van der Waals surface area contributed by atoms with E-state index < -0.39 is 0 Å². The summed E-state index contributed by atoms with van der Waals surface area (Å²) in [5.41, 5.74) is 1.23. The predicted molar refractivity (Wildman–Crippen MR) is 63.4 cm³/mol. The zero-order chi connectivity index (χ0) is 11.5. The number of methoxy groups -OCH3 is 1. The molecule has 2 aromatic rings. The van der Waals surface area contributed by atoms with Gasteiger partial charge in [0.15, 0.2) is 0 Å². The summed E-state index contributed by atoms with van der Waals surface area (Å²) in [5.74, 6) is 0.333. The van der Waals surface area contributed by atoms with Gasteiger partial charge in [-0.15, -0.1) is 0 Å². The molecular formula is C13H10ClFO. The second kappa shape index (κ2) is 4.54. The minimum atomic E-state index is -0.289. The molecule has 0 saturated carbocycles. The van der Waals surface area contributed by atoms with Crippen LogP contribution in [0.2, 0.25) is 5.02 Å². The van der Waals surface area contributed by atoms with Crippen LogP contribution in [0.5, 0.6) is 5.75 Å². The molecule has 82 valence electrons. The van der Waals surface area contributed by atoms with Gasteiger partial charge >= 0.3 is 0 Å². The van der Waals surface area contributed by atoms with Gasteiger partial charge in [0.2, 0.25) is 0 Å². The van der Waals surface area contributed by atoms with Crippen LogP contribution in [0.3, 0.4) is 0 Å². The monoisotopic (exact) mass is 236 g/mol. The zero-order valence-corrected chi connectivity index (χ0v) is 9.46. The molecule has 2 rings (SSSR count). The lowest BCUT2D eigenvalue weighted by molar-refractivity contribution is 0.414. The Morgan fingerprint density at radius 2 is 1.94 bits per heavy atom. The summed E-state index contributed by atoms with van der Waals surface area (Å²) in [5, 5.41) is 0.583. The Labute approximate surface area is 98.4 Å². The first-order valence-electron chi connectivity index (χ1n) is 4.80. The van der Waals surface area contributed by atoms with Crippen LogP contribution in [-0.4, -0.2) is 7.11 Å². The SMILES string of the molecule is COc1ccc(F)c(-c2cccc(Cl)c2)c1. The quantitative estimate of drug-likeness (QED) is 0.761. The molecule has 0 amide bonds. The molecular weight excluding hydrogens is 227 g/mol. The van der Waals surface area contributed by atoms with Gasteiger partial charge in [0.1, 0.15) is 11.6 Å². The maximum Gasteiger partial charge on any atom is 0.131 e. The fourth-order valence-corrected chi connectivity index (χ4v) is 1.70. The van der Waals surface area contributed by atoms with Crippen molar-refractivity contribution in [1.29, 1.82) is 0 Å². The van der Waals surface area contributed by atoms with Crippen molar-refractivity contribution in [3.63, 3.8) is 0 Å². The van der Waals surface area contributed by atoms with Crippen molar-refractivity contribution in [3.8, 4) is 16.9 Å². The van der Waals surface area contributed by atoms with Crippen LogP contribution in [0.15, 0.2) is 42.5 Å². The number of rotatable bonds is 2. The molecule has 0 heterocycles. The van der Waals surface area contributed by atoms with E-state index >= 15 is 0 Å². The topological polar surface area (TPSA) is 9.23 Å². The number of benzene rings is 2. The van der Waals surface area contributed by atoms with Gasteiger partial charge < -0.3 is 4.74 Å². The summed E-state index contributed by atoms with van der Waals surface area (Å²) in [6, 6.07) is 11.7. The Morgan fingerprint density at radius 3 is 2.62 bits per heavy atom. The molecule has 0 N–H and O–H groups in total. The molecule has 16 heavy (non-hydrogen) atoms. The number of halogens is 2. The van der Waals surface area contributed by atoms with Crippen LogP contribution in [-0.2, 0) is 0 Å². The van der Waals surface area contributed by atoms with E-state index in [1.54, 1.807) is 37.4 Å². The van der Waals surface area contributed by atoms with E-state index in [1.165, 1.54) is 6.07 Å². The Balaban J connectivity index is 2.54. The average molecular weight is 237 g/mol. The molecule has 0 aliphatic carbocycles. The third-order valence-corrected chi connectivity index (χ3v) is 2.54. The highest BCUT2D eigenvalue weighted by Crippen LogP contribution is 2.28. The first kappa shape index (κ1) is 11.0. The third kappa shape index (κ3) is 2.17. The van der Waals surface area contributed by atoms with E-state index in [4.69, 9.17) is 16.3 Å². The normalized spacial score (nSPS) is 10.2. The van der Waals surface area contributed by atoms with E-state index in [0.29, 0.717) is 16.3 Å². The van der Waals surface area contributed by atoms with Crippen LogP contribution >= 0.6 is 11.6 Å². The smallest absolute Gasteiger partial charge is 0.131 e. The van der Waals surface area contributed by atoms with Gasteiger partial charge in [0.05, 0.1) is 7.11 Å². The Hall–Kier alpha value is -1.54. The second-order valence-electron chi connectivity index (χ2n) is 3.36. The van der Waals surface area contributed by atoms with Gasteiger partial charge in [0, 0.05) is 10.6 Å². The summed E-state index contributed by atoms with van der Waals surface area (Å²) >= 11 is 5.87. The van der Waals surface area contributed by atoms with Crippen LogP contribution in [0.4, 0.5) is 4.39 Å². The highest BCUT2D eigenvalue weighted by atomic mass is 35.5. The van der Waals surface area contributed by atoms with Gasteiger partial charge in [-0.2, -0.15) is 0 Å². The minimum Gasteiger partial charge on any atom is -0.497 e. The van der Waals surface area contributed by atoms with E-state index in [2.05, 4.69) is 0 Å². The predicted octanol–water partition coefficient (Wildman–Crippen LogP) is 4.15. The molecule has 0 spiro atoms. The zero-order valence-electron chi connectivity index (χ0n) is 8.71. The summed E-state index contributed by atoms with van der Waals surface area (Å²) in [4.78, 5) is 0. The molecule has 1 nitrogen and oxygen atoms in total. The Kier molecular flexibility index (Phi) is 3.11. The van der Waals surface area contributed by atoms with Crippen molar-refractivity contribution < 1.29 is 9.13 Å². The van der Waals surface area contributed by atoms with E-state index in [1.807, 2.05) is 6.07 Å². The lowest BCUT2D eigenvalue weighted by atomic mass is 10.1. The largest absolute Gasteiger partial charge is 0.497 e. The fraction of sp³-hybridized carbons (Fsp3) is 0.0769. The third-order valence-electron chi connectivity index (χ3n) is 2.31. The van der Waals surface area contributed by atoms with Crippen LogP contribution in [0.1, 0.15) is 0 Å². The lowest BCUT2D eigenvalue weighted by Gasteiger charge is -2.06. The maximum atomic E-state index is 13.6. The number of hydrogen-bond donors (Lipinski definition) is 0. The van der Waals surface area contributed by atoms with Gasteiger partial charge in [-0.1, -0.05) is 23.7 Å². The van der Waals surface area contributed by atoms with Crippen molar-refractivity contribution in [2.75, 3.05) is 7.11 Å². The van der Waals surface area contributed by atoms with Crippen LogP contribution in [0.25, 0.3) is 11.1 Å². The average Bonchev–Trinajstić information content (AvgIpc) is 2.30. The van der Waals surface area contributed by atoms with Crippen molar-refractivity contribution in [1.82, 2.24) is 0 Å². The van der Waals surface area contributed by atoms with E-state index in [0.717, 1.165) is 5.56 Å². The lowest BCUT2D eigenvalue weighted by Crippen LogP contribution is -1.88. The number of ether oxygens (including phenoxy) is 1. The highest BCUT2D eigenvalue weighted by Gasteiger charge is 2.06. The molecule has 3 heteroatoms. The summed E-state index contributed by atoms with van der Waals surface area (Å²) < 4.78 is 18.7. The van der Waals surface area contributed by atoms with E-state index in [9.17, 15) is 4.39 Å². The molecule has 0 fully saturated rings. The molecule has 0 bridgehead atoms. The molecule has 2 aromatic carbocycles. The molecule has 0 radical (unpaired) electrons. The van der Waals surface area contributed by atoms with Crippen molar-refractivity contribution in [3.05, 3.63) is 53.3 Å². The van der Waals surface area contributed by atoms with Crippen LogP contribution < -0.4 is 4.74 Å². The summed E-state index contributed by atoms with van der Waals surface area (Å²) in [7, 11) is 1.55. The summed E-state index contributed by atoms with van der Waals surface area (Å²) in [6.07, 6.45) is 0. The standard InChI is InChI=1S/C13H10ClFO/c1-16-11-5-6-13(15)12(8-11)9-3-2-4-10(14)7-9/h2-8H,1H3. The Bertz CT molecular complexity index is 511. The molecule has 0 aliphatic heterocycles. The van der Waals surface area contributed by atoms with Gasteiger partial charge in [-0.3, -0.25) is 0 Å². The first-order chi connectivity index (χ1) is 7.70. The van der Waals surface area contributed by atoms with Crippen molar-refractivity contribution >= 4 is 11.6 Å². The van der Waals surface area contributed by atoms with E-state index in [-0.39, 0.29) is 5.82 Å². The maximum absolute atomic E-state index is 13.6. The molecule has 0 aliphatic rings. The molecule has 0 atom stereocenters. The minimum absolute atomic E-state index is 0.289. The summed E-state index contributed by atoms with van der Waals surface area (Å²) in [6.45, 7) is 0.